The first-order valence-electron chi connectivity index (χ1n) is 7.58. The highest BCUT2D eigenvalue weighted by Crippen LogP contribution is 2.28. The molecule has 2 aliphatic heterocycles. The summed E-state index contributed by atoms with van der Waals surface area (Å²) < 4.78 is 28.7. The first-order valence-corrected chi connectivity index (χ1v) is 8.97. The van der Waals surface area contributed by atoms with Crippen LogP contribution in [0.2, 0.25) is 0 Å². The van der Waals surface area contributed by atoms with Gasteiger partial charge < -0.3 is 5.32 Å². The van der Waals surface area contributed by atoms with Gasteiger partial charge in [-0.2, -0.15) is 17.0 Å². The molecule has 1 N–H and O–H groups in total. The molecule has 0 aromatic rings. The molecule has 2 saturated heterocycles. The third-order valence-corrected chi connectivity index (χ3v) is 6.13. The van der Waals surface area contributed by atoms with Crippen molar-refractivity contribution in [1.82, 2.24) is 13.9 Å². The van der Waals surface area contributed by atoms with Crippen molar-refractivity contribution < 1.29 is 8.42 Å². The van der Waals surface area contributed by atoms with Crippen LogP contribution in [0.4, 0.5) is 0 Å². The molecule has 0 radical (unpaired) electrons. The Balaban J connectivity index is 2.06. The second-order valence-electron chi connectivity index (χ2n) is 5.69. The van der Waals surface area contributed by atoms with Gasteiger partial charge in [0.25, 0.3) is 10.2 Å². The minimum atomic E-state index is -3.26. The molecule has 0 saturated carbocycles. The maximum atomic E-state index is 12.7. The molecule has 2 atom stereocenters. The van der Waals surface area contributed by atoms with E-state index >= 15 is 0 Å². The summed E-state index contributed by atoms with van der Waals surface area (Å²) in [5, 5.41) is 3.46. The van der Waals surface area contributed by atoms with Crippen molar-refractivity contribution in [2.75, 3.05) is 32.7 Å². The minimum Gasteiger partial charge on any atom is -0.312 e. The van der Waals surface area contributed by atoms with E-state index in [-0.39, 0.29) is 0 Å². The number of piperidine rings is 1. The lowest BCUT2D eigenvalue weighted by molar-refractivity contribution is 0.337. The highest BCUT2D eigenvalue weighted by molar-refractivity contribution is 7.86. The van der Waals surface area contributed by atoms with Gasteiger partial charge in [-0.05, 0) is 38.1 Å². The molecule has 2 heterocycles. The van der Waals surface area contributed by atoms with Crippen LogP contribution in [-0.4, -0.2) is 55.8 Å². The first kappa shape index (κ1) is 15.2. The van der Waals surface area contributed by atoms with Crippen molar-refractivity contribution in [3.63, 3.8) is 0 Å². The zero-order valence-electron chi connectivity index (χ0n) is 12.1. The van der Waals surface area contributed by atoms with Gasteiger partial charge in [-0.3, -0.25) is 0 Å². The summed E-state index contributed by atoms with van der Waals surface area (Å²) >= 11 is 0. The number of hydrogen-bond acceptors (Lipinski definition) is 3. The molecule has 19 heavy (non-hydrogen) atoms. The molecule has 2 aliphatic rings. The Morgan fingerprint density at radius 3 is 2.47 bits per heavy atom. The normalized spacial score (nSPS) is 28.8. The van der Waals surface area contributed by atoms with Gasteiger partial charge in [0, 0.05) is 32.2 Å². The van der Waals surface area contributed by atoms with E-state index in [1.54, 1.807) is 8.61 Å². The highest BCUT2D eigenvalue weighted by atomic mass is 32.2. The van der Waals surface area contributed by atoms with Crippen molar-refractivity contribution in [2.24, 2.45) is 5.92 Å². The summed E-state index contributed by atoms with van der Waals surface area (Å²) in [6.45, 7) is 7.71. The van der Waals surface area contributed by atoms with Gasteiger partial charge >= 0.3 is 0 Å². The van der Waals surface area contributed by atoms with Gasteiger partial charge in [0.2, 0.25) is 0 Å². The van der Waals surface area contributed by atoms with Crippen molar-refractivity contribution in [3.8, 4) is 0 Å². The second kappa shape index (κ2) is 6.52. The molecule has 2 rings (SSSR count). The summed E-state index contributed by atoms with van der Waals surface area (Å²) in [4.78, 5) is 0. The van der Waals surface area contributed by atoms with Crippen LogP contribution in [0.1, 0.15) is 39.5 Å². The van der Waals surface area contributed by atoms with Gasteiger partial charge in [0.15, 0.2) is 0 Å². The van der Waals surface area contributed by atoms with E-state index in [1.165, 1.54) is 6.42 Å². The van der Waals surface area contributed by atoms with Crippen molar-refractivity contribution >= 4 is 10.2 Å². The lowest BCUT2D eigenvalue weighted by Crippen LogP contribution is -2.45. The number of nitrogens with zero attached hydrogens (tertiary/aromatic N) is 2. The van der Waals surface area contributed by atoms with E-state index in [4.69, 9.17) is 0 Å². The molecule has 112 valence electrons. The monoisotopic (exact) mass is 289 g/mol. The van der Waals surface area contributed by atoms with Crippen LogP contribution < -0.4 is 5.32 Å². The minimum absolute atomic E-state index is 0.369. The third-order valence-electron chi connectivity index (χ3n) is 4.16. The highest BCUT2D eigenvalue weighted by Gasteiger charge is 2.41. The average molecular weight is 289 g/mol. The van der Waals surface area contributed by atoms with Gasteiger partial charge in [-0.25, -0.2) is 0 Å². The molecule has 0 spiro atoms. The molecule has 2 fully saturated rings. The van der Waals surface area contributed by atoms with Gasteiger partial charge in [0.05, 0.1) is 0 Å². The van der Waals surface area contributed by atoms with Gasteiger partial charge in [0.1, 0.15) is 0 Å². The molecule has 0 amide bonds. The van der Waals surface area contributed by atoms with Crippen LogP contribution in [0.25, 0.3) is 0 Å². The summed E-state index contributed by atoms with van der Waals surface area (Å²) in [6, 6.07) is 0.369. The molecule has 6 heteroatoms. The van der Waals surface area contributed by atoms with E-state index in [1.807, 2.05) is 13.8 Å². The molecule has 0 bridgehead atoms. The maximum Gasteiger partial charge on any atom is 0.282 e. The van der Waals surface area contributed by atoms with E-state index < -0.39 is 10.2 Å². The zero-order valence-corrected chi connectivity index (χ0v) is 13.0. The van der Waals surface area contributed by atoms with Crippen LogP contribution >= 0.6 is 0 Å². The van der Waals surface area contributed by atoms with Crippen molar-refractivity contribution in [2.45, 2.75) is 45.6 Å². The molecule has 0 unspecified atom stereocenters. The Kier molecular flexibility index (Phi) is 5.22. The molecule has 5 nitrogen and oxygen atoms in total. The SMILES string of the molecule is CCCN(CCC)S(=O)(=O)N1C[C@@H]2CCCN[C@@H]2C1. The van der Waals surface area contributed by atoms with E-state index in [9.17, 15) is 8.42 Å². The van der Waals surface area contributed by atoms with Crippen LogP contribution in [0.15, 0.2) is 0 Å². The number of rotatable bonds is 6. The Morgan fingerprint density at radius 2 is 1.89 bits per heavy atom. The lowest BCUT2D eigenvalue weighted by Gasteiger charge is -2.26. The lowest BCUT2D eigenvalue weighted by atomic mass is 9.94. The zero-order chi connectivity index (χ0) is 13.9. The van der Waals surface area contributed by atoms with Crippen LogP contribution in [0.5, 0.6) is 0 Å². The number of nitrogens with one attached hydrogen (secondary N) is 1. The van der Waals surface area contributed by atoms with Crippen LogP contribution in [-0.2, 0) is 10.2 Å². The fourth-order valence-corrected chi connectivity index (χ4v) is 5.08. The Morgan fingerprint density at radius 1 is 1.21 bits per heavy atom. The molecule has 0 aliphatic carbocycles. The smallest absolute Gasteiger partial charge is 0.282 e. The van der Waals surface area contributed by atoms with Crippen molar-refractivity contribution in [3.05, 3.63) is 0 Å². The molecular weight excluding hydrogens is 262 g/mol. The molecule has 0 aromatic carbocycles. The second-order valence-corrected chi connectivity index (χ2v) is 7.62. The third kappa shape index (κ3) is 3.29. The summed E-state index contributed by atoms with van der Waals surface area (Å²) in [6.07, 6.45) is 4.07. The Labute approximate surface area is 117 Å². The topological polar surface area (TPSA) is 52.7 Å². The predicted molar refractivity (Wildman–Crippen MR) is 77.2 cm³/mol. The fraction of sp³-hybridized carbons (Fsp3) is 1.00. The quantitative estimate of drug-likeness (QED) is 0.795. The van der Waals surface area contributed by atoms with Gasteiger partial charge in [-0.1, -0.05) is 13.8 Å². The number of fused-ring (bicyclic) bond motifs is 1. The van der Waals surface area contributed by atoms with E-state index in [0.717, 1.165) is 25.8 Å². The Bertz CT molecular complexity index is 365. The van der Waals surface area contributed by atoms with E-state index in [0.29, 0.717) is 38.1 Å². The first-order chi connectivity index (χ1) is 9.09. The van der Waals surface area contributed by atoms with Crippen molar-refractivity contribution in [1.29, 1.82) is 0 Å². The van der Waals surface area contributed by atoms with E-state index in [2.05, 4.69) is 5.32 Å². The van der Waals surface area contributed by atoms with Crippen LogP contribution in [0.3, 0.4) is 0 Å². The largest absolute Gasteiger partial charge is 0.312 e. The summed E-state index contributed by atoms with van der Waals surface area (Å²) in [5.74, 6) is 0.508. The van der Waals surface area contributed by atoms with Gasteiger partial charge in [-0.15, -0.1) is 0 Å². The standard InChI is InChI=1S/C13H27N3O2S/c1-3-8-15(9-4-2)19(17,18)16-10-12-6-5-7-14-13(12)11-16/h12-14H,3-11H2,1-2H3/t12-,13+/m0/s1. The van der Waals surface area contributed by atoms with Crippen LogP contribution in [0, 0.1) is 5.92 Å². The maximum absolute atomic E-state index is 12.7. The summed E-state index contributed by atoms with van der Waals surface area (Å²) in [5.41, 5.74) is 0. The average Bonchev–Trinajstić information content (AvgIpc) is 2.83. The molecular formula is C13H27N3O2S. The Hall–Kier alpha value is -0.170. The molecule has 0 aromatic heterocycles. The number of hydrogen-bond donors (Lipinski definition) is 1. The summed E-state index contributed by atoms with van der Waals surface area (Å²) in [7, 11) is -3.26. The predicted octanol–water partition coefficient (Wildman–Crippen LogP) is 1.04. The fourth-order valence-electron chi connectivity index (χ4n) is 3.20.